The number of nitrogens with zero attached hydrogens (tertiary/aromatic N) is 1. The van der Waals surface area contributed by atoms with Crippen LogP contribution in [0, 0.1) is 0 Å². The molecule has 5 heteroatoms. The minimum absolute atomic E-state index is 0.0316. The number of aromatic nitrogens is 1. The van der Waals surface area contributed by atoms with Crippen LogP contribution in [0.4, 0.5) is 0 Å². The summed E-state index contributed by atoms with van der Waals surface area (Å²) in [5.74, 6) is -0.0316. The average Bonchev–Trinajstić information content (AvgIpc) is 3.21. The fourth-order valence-corrected chi connectivity index (χ4v) is 3.52. The van der Waals surface area contributed by atoms with Crippen LogP contribution in [0.25, 0.3) is 0 Å². The molecule has 1 aromatic heterocycles. The van der Waals surface area contributed by atoms with E-state index in [1.165, 1.54) is 0 Å². The van der Waals surface area contributed by atoms with Crippen LogP contribution in [-0.4, -0.2) is 10.5 Å². The van der Waals surface area contributed by atoms with Crippen molar-refractivity contribution in [3.63, 3.8) is 0 Å². The number of hydrogen-bond donors (Lipinski definition) is 1. The Bertz CT molecular complexity index is 677. The number of amides is 1. The van der Waals surface area contributed by atoms with Crippen molar-refractivity contribution in [2.45, 2.75) is 31.8 Å². The topological polar surface area (TPSA) is 34.0 Å². The molecule has 1 N–H and O–H groups in total. The quantitative estimate of drug-likeness (QED) is 0.767. The van der Waals surface area contributed by atoms with E-state index in [9.17, 15) is 4.79 Å². The zero-order valence-corrected chi connectivity index (χ0v) is 14.8. The van der Waals surface area contributed by atoms with Crippen LogP contribution in [0.3, 0.4) is 0 Å². The molecule has 21 heavy (non-hydrogen) atoms. The van der Waals surface area contributed by atoms with Crippen LogP contribution in [0.2, 0.25) is 0 Å². The Hall–Kier alpha value is -1.07. The lowest BCUT2D eigenvalue weighted by Gasteiger charge is -2.16. The lowest BCUT2D eigenvalue weighted by molar-refractivity contribution is 0.0930. The molecule has 1 aromatic carbocycles. The summed E-state index contributed by atoms with van der Waals surface area (Å²) in [7, 11) is 0. The molecule has 1 saturated carbocycles. The van der Waals surface area contributed by atoms with Gasteiger partial charge in [0.1, 0.15) is 5.69 Å². The lowest BCUT2D eigenvalue weighted by atomic mass is 10.1. The number of rotatable bonds is 4. The number of benzene rings is 1. The van der Waals surface area contributed by atoms with Crippen molar-refractivity contribution in [3.05, 3.63) is 56.7 Å². The van der Waals surface area contributed by atoms with Gasteiger partial charge in [0.15, 0.2) is 0 Å². The van der Waals surface area contributed by atoms with E-state index in [0.717, 1.165) is 33.0 Å². The summed E-state index contributed by atoms with van der Waals surface area (Å²) < 4.78 is 4.04. The lowest BCUT2D eigenvalue weighted by Crippen LogP contribution is -2.28. The molecular formula is C16H16Br2N2O. The first-order valence-corrected chi connectivity index (χ1v) is 8.57. The minimum atomic E-state index is -0.0468. The number of nitrogens with one attached hydrogen (secondary N) is 1. The van der Waals surface area contributed by atoms with E-state index in [0.29, 0.717) is 6.04 Å². The first kappa shape index (κ1) is 14.9. The van der Waals surface area contributed by atoms with Gasteiger partial charge in [-0.25, -0.2) is 0 Å². The summed E-state index contributed by atoms with van der Waals surface area (Å²) in [5, 5.41) is 3.08. The summed E-state index contributed by atoms with van der Waals surface area (Å²) in [5.41, 5.74) is 1.80. The maximum absolute atomic E-state index is 12.5. The minimum Gasteiger partial charge on any atom is -0.344 e. The van der Waals surface area contributed by atoms with Crippen molar-refractivity contribution in [2.24, 2.45) is 0 Å². The molecule has 3 nitrogen and oxygen atoms in total. The molecule has 0 radical (unpaired) electrons. The zero-order valence-electron chi connectivity index (χ0n) is 11.6. The Morgan fingerprint density at radius 3 is 2.71 bits per heavy atom. The fourth-order valence-electron chi connectivity index (χ4n) is 2.46. The Morgan fingerprint density at radius 1 is 1.33 bits per heavy atom. The molecule has 1 heterocycles. The molecular weight excluding hydrogens is 396 g/mol. The molecule has 3 rings (SSSR count). The molecule has 1 unspecified atom stereocenters. The molecule has 110 valence electrons. The van der Waals surface area contributed by atoms with E-state index in [2.05, 4.69) is 41.7 Å². The average molecular weight is 412 g/mol. The molecule has 0 bridgehead atoms. The second-order valence-corrected chi connectivity index (χ2v) is 7.17. The second kappa shape index (κ2) is 5.97. The van der Waals surface area contributed by atoms with Crippen LogP contribution < -0.4 is 5.32 Å². The monoisotopic (exact) mass is 410 g/mol. The number of hydrogen-bond acceptors (Lipinski definition) is 1. The molecule has 0 saturated heterocycles. The third kappa shape index (κ3) is 3.24. The largest absolute Gasteiger partial charge is 0.344 e. The van der Waals surface area contributed by atoms with E-state index < -0.39 is 0 Å². The molecule has 1 atom stereocenters. The van der Waals surface area contributed by atoms with E-state index in [1.54, 1.807) is 0 Å². The molecule has 1 aliphatic rings. The van der Waals surface area contributed by atoms with Gasteiger partial charge in [0.05, 0.1) is 6.04 Å². The van der Waals surface area contributed by atoms with Gasteiger partial charge in [0.2, 0.25) is 0 Å². The predicted molar refractivity (Wildman–Crippen MR) is 90.4 cm³/mol. The maximum atomic E-state index is 12.5. The smallest absolute Gasteiger partial charge is 0.268 e. The van der Waals surface area contributed by atoms with Gasteiger partial charge < -0.3 is 9.88 Å². The predicted octanol–water partition coefficient (Wildman–Crippen LogP) is 4.84. The first-order chi connectivity index (χ1) is 10.1. The van der Waals surface area contributed by atoms with Gasteiger partial charge in [0, 0.05) is 21.2 Å². The van der Waals surface area contributed by atoms with Gasteiger partial charge >= 0.3 is 0 Å². The number of carbonyl (C=O) groups is 1. The summed E-state index contributed by atoms with van der Waals surface area (Å²) in [6.45, 7) is 2.00. The summed E-state index contributed by atoms with van der Waals surface area (Å²) in [6.07, 6.45) is 4.30. The standard InChI is InChI=1S/C16H16Br2N2O/c1-10(13-4-2-3-5-14(13)18)19-16(21)15-8-11(17)9-20(15)12-6-7-12/h2-5,8-10,12H,6-7H2,1H3,(H,19,21). The van der Waals surface area contributed by atoms with Crippen LogP contribution in [0.5, 0.6) is 0 Å². The van der Waals surface area contributed by atoms with Gasteiger partial charge in [-0.1, -0.05) is 34.1 Å². The van der Waals surface area contributed by atoms with Crippen molar-refractivity contribution in [2.75, 3.05) is 0 Å². The SMILES string of the molecule is CC(NC(=O)c1cc(Br)cn1C1CC1)c1ccccc1Br. The van der Waals surface area contributed by atoms with Crippen molar-refractivity contribution >= 4 is 37.8 Å². The number of carbonyl (C=O) groups excluding carboxylic acids is 1. The Kier molecular flexibility index (Phi) is 4.22. The van der Waals surface area contributed by atoms with Crippen LogP contribution in [0.1, 0.15) is 47.9 Å². The first-order valence-electron chi connectivity index (χ1n) is 6.99. The summed E-state index contributed by atoms with van der Waals surface area (Å²) in [4.78, 5) is 12.5. The maximum Gasteiger partial charge on any atom is 0.268 e. The van der Waals surface area contributed by atoms with Crippen LogP contribution in [0.15, 0.2) is 45.5 Å². The molecule has 2 aromatic rings. The second-order valence-electron chi connectivity index (χ2n) is 5.40. The van der Waals surface area contributed by atoms with E-state index >= 15 is 0 Å². The van der Waals surface area contributed by atoms with Gasteiger partial charge in [-0.15, -0.1) is 0 Å². The molecule has 1 fully saturated rings. The van der Waals surface area contributed by atoms with Crippen molar-refractivity contribution in [1.82, 2.24) is 9.88 Å². The highest BCUT2D eigenvalue weighted by atomic mass is 79.9. The number of halogens is 2. The highest BCUT2D eigenvalue weighted by Crippen LogP contribution is 2.37. The van der Waals surface area contributed by atoms with E-state index in [4.69, 9.17) is 0 Å². The van der Waals surface area contributed by atoms with E-state index in [1.807, 2.05) is 43.5 Å². The summed E-state index contributed by atoms with van der Waals surface area (Å²) in [6, 6.07) is 10.3. The normalized spacial score (nSPS) is 15.8. The molecule has 0 spiro atoms. The van der Waals surface area contributed by atoms with Gasteiger partial charge in [0.25, 0.3) is 5.91 Å². The van der Waals surface area contributed by atoms with Crippen LogP contribution in [-0.2, 0) is 0 Å². The van der Waals surface area contributed by atoms with Crippen molar-refractivity contribution in [1.29, 1.82) is 0 Å². The Labute approximate surface area is 141 Å². The van der Waals surface area contributed by atoms with E-state index in [-0.39, 0.29) is 11.9 Å². The van der Waals surface area contributed by atoms with Gasteiger partial charge in [-0.3, -0.25) is 4.79 Å². The molecule has 1 aliphatic carbocycles. The van der Waals surface area contributed by atoms with Gasteiger partial charge in [-0.05, 0) is 53.4 Å². The highest BCUT2D eigenvalue weighted by molar-refractivity contribution is 9.10. The Balaban J connectivity index is 1.79. The molecule has 0 aliphatic heterocycles. The van der Waals surface area contributed by atoms with Gasteiger partial charge in [-0.2, -0.15) is 0 Å². The third-order valence-electron chi connectivity index (χ3n) is 3.71. The Morgan fingerprint density at radius 2 is 2.05 bits per heavy atom. The summed E-state index contributed by atoms with van der Waals surface area (Å²) >= 11 is 6.99. The van der Waals surface area contributed by atoms with Crippen LogP contribution >= 0.6 is 31.9 Å². The van der Waals surface area contributed by atoms with Crippen molar-refractivity contribution < 1.29 is 4.79 Å². The zero-order chi connectivity index (χ0) is 15.0. The third-order valence-corrected chi connectivity index (χ3v) is 4.86. The highest BCUT2D eigenvalue weighted by Gasteiger charge is 2.28. The molecule has 1 amide bonds. The fraction of sp³-hybridized carbons (Fsp3) is 0.312. The van der Waals surface area contributed by atoms with Crippen molar-refractivity contribution in [3.8, 4) is 0 Å².